The molecule has 1 aromatic carbocycles. The fourth-order valence-electron chi connectivity index (χ4n) is 4.19. The fourth-order valence-corrected chi connectivity index (χ4v) is 7.03. The molecule has 8 nitrogen and oxygen atoms in total. The lowest BCUT2D eigenvalue weighted by Gasteiger charge is -2.34. The first-order chi connectivity index (χ1) is 16.4. The molecule has 4 N–H and O–H groups in total. The number of para-hydroxylation sites is 1. The van der Waals surface area contributed by atoms with Gasteiger partial charge in [0.25, 0.3) is 0 Å². The van der Waals surface area contributed by atoms with Gasteiger partial charge in [-0.25, -0.2) is 4.98 Å². The van der Waals surface area contributed by atoms with Gasteiger partial charge in [-0.2, -0.15) is 9.61 Å². The first-order valence-electron chi connectivity index (χ1n) is 10.8. The molecule has 3 aromatic heterocycles. The van der Waals surface area contributed by atoms with Crippen molar-refractivity contribution in [2.45, 2.75) is 17.7 Å². The standard InChI is InChI=1S/C23H24BrN5O3S2/c1-34(19-10-21(31)33-23(19)32)28-8-4-5-14(13-28)11-25-20-9-17(15-6-2-3-7-18(15)30)27-22-16(24)12-26-29(20)22/h2-3,6-7,9-10,12,14,25,30-32H,1,4-5,8,11,13H2. The average Bonchev–Trinajstić information content (AvgIpc) is 3.38. The van der Waals surface area contributed by atoms with Gasteiger partial charge in [0.2, 0.25) is 0 Å². The Morgan fingerprint density at radius 2 is 2.06 bits per heavy atom. The second-order valence-electron chi connectivity index (χ2n) is 8.17. The molecule has 4 aromatic rings. The highest BCUT2D eigenvalue weighted by Crippen LogP contribution is 2.45. The van der Waals surface area contributed by atoms with E-state index in [1.54, 1.807) is 28.9 Å². The largest absolute Gasteiger partial charge is 0.507 e. The number of piperidine rings is 1. The summed E-state index contributed by atoms with van der Waals surface area (Å²) in [5.74, 6) is 5.61. The summed E-state index contributed by atoms with van der Waals surface area (Å²) in [6.45, 7) is 2.46. The van der Waals surface area contributed by atoms with Crippen LogP contribution in [0.25, 0.3) is 16.9 Å². The predicted octanol–water partition coefficient (Wildman–Crippen LogP) is 5.14. The normalized spacial score (nSPS) is 17.7. The molecule has 0 aliphatic carbocycles. The number of phenolic OH excluding ortho intramolecular Hbond substituents is 1. The number of fused-ring (bicyclic) bond motifs is 1. The van der Waals surface area contributed by atoms with Crippen LogP contribution in [0.15, 0.2) is 52.0 Å². The Bertz CT molecular complexity index is 1370. The van der Waals surface area contributed by atoms with Crippen LogP contribution in [0.5, 0.6) is 15.9 Å². The fraction of sp³-hybridized carbons (Fsp3) is 0.261. The summed E-state index contributed by atoms with van der Waals surface area (Å²) in [6, 6.07) is 10.7. The van der Waals surface area contributed by atoms with Crippen molar-refractivity contribution < 1.29 is 15.3 Å². The van der Waals surface area contributed by atoms with Crippen molar-refractivity contribution in [1.82, 2.24) is 18.9 Å². The summed E-state index contributed by atoms with van der Waals surface area (Å²) in [6.07, 6.45) is 3.82. The van der Waals surface area contributed by atoms with E-state index >= 15 is 0 Å². The first kappa shape index (κ1) is 23.2. The molecule has 1 aliphatic heterocycles. The highest BCUT2D eigenvalue weighted by Gasteiger charge is 2.24. The SMILES string of the molecule is C=S(c1cc(O)sc1O)N1CCCC(CNc2cc(-c3ccccc3O)nc3c(Br)cnn23)C1. The van der Waals surface area contributed by atoms with E-state index in [1.165, 1.54) is 0 Å². The molecule has 0 saturated carbocycles. The van der Waals surface area contributed by atoms with Gasteiger partial charge in [-0.3, -0.25) is 4.31 Å². The van der Waals surface area contributed by atoms with Crippen LogP contribution in [0.1, 0.15) is 12.8 Å². The minimum atomic E-state index is -0.535. The zero-order chi connectivity index (χ0) is 23.8. The zero-order valence-electron chi connectivity index (χ0n) is 18.2. The number of thiophene rings is 1. The molecule has 178 valence electrons. The van der Waals surface area contributed by atoms with Crippen molar-refractivity contribution in [3.63, 3.8) is 0 Å². The van der Waals surface area contributed by atoms with E-state index < -0.39 is 10.7 Å². The Morgan fingerprint density at radius 1 is 1.24 bits per heavy atom. The highest BCUT2D eigenvalue weighted by molar-refractivity contribution is 9.10. The lowest BCUT2D eigenvalue weighted by atomic mass is 10.00. The van der Waals surface area contributed by atoms with Crippen LogP contribution in [0.3, 0.4) is 0 Å². The molecule has 34 heavy (non-hydrogen) atoms. The monoisotopic (exact) mass is 561 g/mol. The second kappa shape index (κ2) is 9.57. The van der Waals surface area contributed by atoms with E-state index in [2.05, 4.69) is 36.5 Å². The maximum Gasteiger partial charge on any atom is 0.189 e. The number of hydrogen-bond donors (Lipinski definition) is 4. The van der Waals surface area contributed by atoms with Crippen molar-refractivity contribution in [2.75, 3.05) is 25.0 Å². The van der Waals surface area contributed by atoms with E-state index in [4.69, 9.17) is 4.98 Å². The topological polar surface area (TPSA) is 106 Å². The van der Waals surface area contributed by atoms with Crippen LogP contribution in [0.2, 0.25) is 0 Å². The molecule has 1 saturated heterocycles. The van der Waals surface area contributed by atoms with Crippen LogP contribution in [-0.4, -0.2) is 59.7 Å². The number of nitrogens with zero attached hydrogens (tertiary/aromatic N) is 4. The predicted molar refractivity (Wildman–Crippen MR) is 141 cm³/mol. The number of nitrogens with one attached hydrogen (secondary N) is 1. The zero-order valence-corrected chi connectivity index (χ0v) is 21.4. The molecular weight excluding hydrogens is 538 g/mol. The molecule has 0 radical (unpaired) electrons. The van der Waals surface area contributed by atoms with Crippen molar-refractivity contribution in [3.8, 4) is 27.1 Å². The summed E-state index contributed by atoms with van der Waals surface area (Å²) in [4.78, 5) is 5.39. The van der Waals surface area contributed by atoms with E-state index in [0.29, 0.717) is 27.7 Å². The van der Waals surface area contributed by atoms with Gasteiger partial charge in [0.1, 0.15) is 11.6 Å². The van der Waals surface area contributed by atoms with Gasteiger partial charge in [0, 0.05) is 37.3 Å². The Labute approximate surface area is 211 Å². The summed E-state index contributed by atoms with van der Waals surface area (Å²) < 4.78 is 4.81. The number of halogens is 1. The number of phenols is 1. The number of aromatic hydroxyl groups is 3. The maximum absolute atomic E-state index is 10.3. The van der Waals surface area contributed by atoms with Crippen molar-refractivity contribution in [2.24, 2.45) is 5.92 Å². The molecule has 0 amide bonds. The molecule has 2 unspecified atom stereocenters. The minimum absolute atomic E-state index is 0.108. The summed E-state index contributed by atoms with van der Waals surface area (Å²) in [5.41, 5.74) is 1.98. The quantitative estimate of drug-likeness (QED) is 0.241. The van der Waals surface area contributed by atoms with Crippen LogP contribution in [0.4, 0.5) is 5.82 Å². The highest BCUT2D eigenvalue weighted by atomic mass is 79.9. The number of hydrogen-bond acceptors (Lipinski definition) is 8. The number of benzene rings is 1. The third-order valence-corrected chi connectivity index (χ3v) is 9.10. The lowest BCUT2D eigenvalue weighted by molar-refractivity contribution is 0.294. The second-order valence-corrected chi connectivity index (χ2v) is 11.7. The lowest BCUT2D eigenvalue weighted by Crippen LogP contribution is -2.35. The number of aromatic nitrogens is 3. The first-order valence-corrected chi connectivity index (χ1v) is 13.7. The van der Waals surface area contributed by atoms with Crippen molar-refractivity contribution in [3.05, 3.63) is 47.1 Å². The average molecular weight is 563 g/mol. The summed E-state index contributed by atoms with van der Waals surface area (Å²) >= 11 is 4.50. The minimum Gasteiger partial charge on any atom is -0.507 e. The molecule has 4 heterocycles. The Kier molecular flexibility index (Phi) is 6.52. The Morgan fingerprint density at radius 3 is 2.82 bits per heavy atom. The van der Waals surface area contributed by atoms with Crippen molar-refractivity contribution in [1.29, 1.82) is 0 Å². The maximum atomic E-state index is 10.3. The Balaban J connectivity index is 1.36. The van der Waals surface area contributed by atoms with Crippen LogP contribution in [0, 0.1) is 5.92 Å². The smallest absolute Gasteiger partial charge is 0.189 e. The van der Waals surface area contributed by atoms with Gasteiger partial charge in [-0.15, -0.1) is 0 Å². The molecule has 2 atom stereocenters. The van der Waals surface area contributed by atoms with Gasteiger partial charge < -0.3 is 20.6 Å². The van der Waals surface area contributed by atoms with E-state index in [-0.39, 0.29) is 15.9 Å². The van der Waals surface area contributed by atoms with Gasteiger partial charge >= 0.3 is 0 Å². The molecule has 1 fully saturated rings. The van der Waals surface area contributed by atoms with Gasteiger partial charge in [-0.05, 0) is 46.8 Å². The number of rotatable bonds is 6. The summed E-state index contributed by atoms with van der Waals surface area (Å²) in [5, 5.41) is 38.4. The van der Waals surface area contributed by atoms with Crippen molar-refractivity contribution >= 4 is 55.3 Å². The van der Waals surface area contributed by atoms with Gasteiger partial charge in [0.05, 0.1) is 21.3 Å². The third kappa shape index (κ3) is 4.52. The van der Waals surface area contributed by atoms with E-state index in [1.807, 2.05) is 18.2 Å². The number of anilines is 1. The van der Waals surface area contributed by atoms with Crippen LogP contribution >= 0.6 is 37.9 Å². The molecule has 5 rings (SSSR count). The van der Waals surface area contributed by atoms with Crippen LogP contribution < -0.4 is 5.32 Å². The molecule has 11 heteroatoms. The van der Waals surface area contributed by atoms with Gasteiger partial charge in [0.15, 0.2) is 15.8 Å². The molecule has 0 bridgehead atoms. The van der Waals surface area contributed by atoms with Gasteiger partial charge in [-0.1, -0.05) is 40.0 Å². The molecular formula is C23H24BrN5O3S2. The Hall–Kier alpha value is -2.60. The third-order valence-electron chi connectivity index (χ3n) is 5.89. The van der Waals surface area contributed by atoms with E-state index in [0.717, 1.165) is 54.1 Å². The van der Waals surface area contributed by atoms with E-state index in [9.17, 15) is 15.3 Å². The molecule has 1 aliphatic rings. The molecule has 0 spiro atoms. The van der Waals surface area contributed by atoms with Crippen LogP contribution in [-0.2, 0) is 0 Å². The summed E-state index contributed by atoms with van der Waals surface area (Å²) in [7, 11) is -0.535.